The number of fused-ring (bicyclic) bond motifs is 1. The lowest BCUT2D eigenvalue weighted by atomic mass is 10.1. The maximum absolute atomic E-state index is 12.1. The molecule has 7 heteroatoms. The van der Waals surface area contributed by atoms with Crippen molar-refractivity contribution in [2.24, 2.45) is 17.6 Å². The first-order valence-electron chi connectivity index (χ1n) is 7.92. The van der Waals surface area contributed by atoms with Gasteiger partial charge in [-0.3, -0.25) is 4.79 Å². The van der Waals surface area contributed by atoms with Crippen LogP contribution in [-0.2, 0) is 4.79 Å². The second kappa shape index (κ2) is 6.49. The lowest BCUT2D eigenvalue weighted by Crippen LogP contribution is -2.23. The van der Waals surface area contributed by atoms with E-state index in [0.717, 1.165) is 46.4 Å². The minimum absolute atomic E-state index is 0.00178. The summed E-state index contributed by atoms with van der Waals surface area (Å²) in [5, 5.41) is 3.95. The van der Waals surface area contributed by atoms with Gasteiger partial charge in [-0.25, -0.2) is 4.98 Å². The van der Waals surface area contributed by atoms with Crippen LogP contribution in [-0.4, -0.2) is 35.5 Å². The lowest BCUT2D eigenvalue weighted by Gasteiger charge is -2.22. The highest BCUT2D eigenvalue weighted by Gasteiger charge is 2.26. The van der Waals surface area contributed by atoms with Crippen molar-refractivity contribution in [3.8, 4) is 0 Å². The zero-order valence-electron chi connectivity index (χ0n) is 13.4. The van der Waals surface area contributed by atoms with Crippen molar-refractivity contribution < 1.29 is 4.79 Å². The normalized spacial score (nSPS) is 18.1. The zero-order valence-corrected chi connectivity index (χ0v) is 15.0. The van der Waals surface area contributed by atoms with Crippen LogP contribution in [0.2, 0.25) is 0 Å². The first kappa shape index (κ1) is 16.3. The third-order valence-corrected chi connectivity index (χ3v) is 4.93. The molecule has 2 aromatic heterocycles. The van der Waals surface area contributed by atoms with Crippen LogP contribution in [0.5, 0.6) is 0 Å². The van der Waals surface area contributed by atoms with E-state index in [-0.39, 0.29) is 11.8 Å². The first-order valence-corrected chi connectivity index (χ1v) is 8.72. The number of carbonyl (C=O) groups is 1. The first-order chi connectivity index (χ1) is 11.0. The molecule has 3 heterocycles. The van der Waals surface area contributed by atoms with Gasteiger partial charge < -0.3 is 20.9 Å². The SMILES string of the molecule is CC(C)C(=O)Nc1c[nH]c2ncc(Br)c(N3CC[C@H](CN)C3)c12. The Hall–Kier alpha value is -1.60. The van der Waals surface area contributed by atoms with Crippen LogP contribution < -0.4 is 16.0 Å². The van der Waals surface area contributed by atoms with Gasteiger partial charge in [0.05, 0.1) is 21.2 Å². The van der Waals surface area contributed by atoms with Crippen molar-refractivity contribution >= 4 is 44.2 Å². The third-order valence-electron chi connectivity index (χ3n) is 4.35. The quantitative estimate of drug-likeness (QED) is 0.761. The highest BCUT2D eigenvalue weighted by Crippen LogP contribution is 2.39. The molecule has 0 spiro atoms. The van der Waals surface area contributed by atoms with Crippen LogP contribution in [0.25, 0.3) is 11.0 Å². The molecule has 0 radical (unpaired) electrons. The van der Waals surface area contributed by atoms with Gasteiger partial charge in [-0.1, -0.05) is 13.8 Å². The average Bonchev–Trinajstić information content (AvgIpc) is 3.14. The number of nitrogens with two attached hydrogens (primary N) is 1. The molecule has 2 aromatic rings. The molecule has 124 valence electrons. The highest BCUT2D eigenvalue weighted by molar-refractivity contribution is 9.10. The van der Waals surface area contributed by atoms with Crippen molar-refractivity contribution in [3.63, 3.8) is 0 Å². The van der Waals surface area contributed by atoms with Crippen LogP contribution in [0, 0.1) is 11.8 Å². The van der Waals surface area contributed by atoms with E-state index >= 15 is 0 Å². The fourth-order valence-corrected chi connectivity index (χ4v) is 3.52. The molecule has 1 fully saturated rings. The zero-order chi connectivity index (χ0) is 16.6. The Bertz CT molecular complexity index is 727. The molecule has 1 saturated heterocycles. The Kier molecular flexibility index (Phi) is 4.59. The number of halogens is 1. The molecule has 23 heavy (non-hydrogen) atoms. The Morgan fingerprint density at radius 2 is 2.39 bits per heavy atom. The molecule has 0 unspecified atom stereocenters. The number of pyridine rings is 1. The van der Waals surface area contributed by atoms with Crippen molar-refractivity contribution in [2.45, 2.75) is 20.3 Å². The molecule has 1 aliphatic heterocycles. The van der Waals surface area contributed by atoms with E-state index in [1.807, 2.05) is 20.0 Å². The highest BCUT2D eigenvalue weighted by atomic mass is 79.9. The minimum atomic E-state index is -0.0723. The predicted octanol–water partition coefficient (Wildman–Crippen LogP) is 2.70. The molecule has 0 bridgehead atoms. The summed E-state index contributed by atoms with van der Waals surface area (Å²) in [5.74, 6) is 0.438. The van der Waals surface area contributed by atoms with Crippen molar-refractivity contribution in [3.05, 3.63) is 16.9 Å². The second-order valence-corrected chi connectivity index (χ2v) is 7.22. The van der Waals surface area contributed by atoms with E-state index < -0.39 is 0 Å². The molecule has 1 atom stereocenters. The molecular weight excluding hydrogens is 358 g/mol. The standard InChI is InChI=1S/C16H22BrN5O/c1-9(2)16(23)21-12-7-20-15-13(12)14(11(17)6-19-15)22-4-3-10(5-18)8-22/h6-7,9-10H,3-5,8,18H2,1-2H3,(H,19,20)(H,21,23)/t10-/m1/s1. The predicted molar refractivity (Wildman–Crippen MR) is 96.6 cm³/mol. The van der Waals surface area contributed by atoms with E-state index in [0.29, 0.717) is 12.5 Å². The van der Waals surface area contributed by atoms with Crippen LogP contribution in [0.1, 0.15) is 20.3 Å². The van der Waals surface area contributed by atoms with Crippen molar-refractivity contribution in [1.29, 1.82) is 0 Å². The van der Waals surface area contributed by atoms with Crippen molar-refractivity contribution in [1.82, 2.24) is 9.97 Å². The Morgan fingerprint density at radius 3 is 3.04 bits per heavy atom. The maximum Gasteiger partial charge on any atom is 0.226 e. The van der Waals surface area contributed by atoms with E-state index in [1.54, 1.807) is 6.20 Å². The number of aromatic nitrogens is 2. The number of H-pyrrole nitrogens is 1. The summed E-state index contributed by atoms with van der Waals surface area (Å²) in [6, 6.07) is 0. The second-order valence-electron chi connectivity index (χ2n) is 6.36. The maximum atomic E-state index is 12.1. The molecular formula is C16H22BrN5O. The van der Waals surface area contributed by atoms with Gasteiger partial charge in [0.1, 0.15) is 5.65 Å². The molecule has 1 amide bonds. The van der Waals surface area contributed by atoms with Crippen LogP contribution >= 0.6 is 15.9 Å². The molecule has 4 N–H and O–H groups in total. The van der Waals surface area contributed by atoms with Gasteiger partial charge in [0, 0.05) is 31.4 Å². The smallest absolute Gasteiger partial charge is 0.226 e. The van der Waals surface area contributed by atoms with E-state index in [2.05, 4.69) is 36.1 Å². The summed E-state index contributed by atoms with van der Waals surface area (Å²) < 4.78 is 0.933. The van der Waals surface area contributed by atoms with Crippen LogP contribution in [0.3, 0.4) is 0 Å². The van der Waals surface area contributed by atoms with Gasteiger partial charge >= 0.3 is 0 Å². The minimum Gasteiger partial charge on any atom is -0.370 e. The number of hydrogen-bond acceptors (Lipinski definition) is 4. The number of anilines is 2. The molecule has 0 aromatic carbocycles. The molecule has 0 saturated carbocycles. The Morgan fingerprint density at radius 1 is 1.61 bits per heavy atom. The van der Waals surface area contributed by atoms with Gasteiger partial charge in [0.2, 0.25) is 5.91 Å². The average molecular weight is 380 g/mol. The summed E-state index contributed by atoms with van der Waals surface area (Å²) in [5.41, 5.74) is 8.45. The number of hydrogen-bond donors (Lipinski definition) is 3. The summed E-state index contributed by atoms with van der Waals surface area (Å²) in [6.45, 7) is 6.35. The number of nitrogens with zero attached hydrogens (tertiary/aromatic N) is 2. The molecule has 3 rings (SSSR count). The van der Waals surface area contributed by atoms with Gasteiger partial charge in [-0.2, -0.15) is 0 Å². The fraction of sp³-hybridized carbons (Fsp3) is 0.500. The Labute approximate surface area is 143 Å². The van der Waals surface area contributed by atoms with Gasteiger partial charge in [-0.05, 0) is 34.8 Å². The number of aromatic amines is 1. The number of carbonyl (C=O) groups excluding carboxylic acids is 1. The van der Waals surface area contributed by atoms with E-state index in [9.17, 15) is 4.79 Å². The summed E-state index contributed by atoms with van der Waals surface area (Å²) in [7, 11) is 0. The largest absolute Gasteiger partial charge is 0.370 e. The van der Waals surface area contributed by atoms with Crippen LogP contribution in [0.4, 0.5) is 11.4 Å². The van der Waals surface area contributed by atoms with Gasteiger partial charge in [0.15, 0.2) is 0 Å². The topological polar surface area (TPSA) is 87.0 Å². The van der Waals surface area contributed by atoms with E-state index in [4.69, 9.17) is 5.73 Å². The molecule has 1 aliphatic rings. The lowest BCUT2D eigenvalue weighted by molar-refractivity contribution is -0.118. The van der Waals surface area contributed by atoms with E-state index in [1.165, 1.54) is 0 Å². The number of amides is 1. The summed E-state index contributed by atoms with van der Waals surface area (Å²) >= 11 is 3.62. The van der Waals surface area contributed by atoms with Crippen molar-refractivity contribution in [2.75, 3.05) is 29.9 Å². The molecule has 6 nitrogen and oxygen atoms in total. The van der Waals surface area contributed by atoms with Gasteiger partial charge in [0.25, 0.3) is 0 Å². The summed E-state index contributed by atoms with van der Waals surface area (Å²) in [6.07, 6.45) is 4.70. The van der Waals surface area contributed by atoms with Gasteiger partial charge in [-0.15, -0.1) is 0 Å². The number of nitrogens with one attached hydrogen (secondary N) is 2. The fourth-order valence-electron chi connectivity index (χ4n) is 2.97. The van der Waals surface area contributed by atoms with Crippen LogP contribution in [0.15, 0.2) is 16.9 Å². The monoisotopic (exact) mass is 379 g/mol. The third kappa shape index (κ3) is 3.07. The Balaban J connectivity index is 2.04. The molecule has 0 aliphatic carbocycles. The number of rotatable bonds is 4. The summed E-state index contributed by atoms with van der Waals surface area (Å²) in [4.78, 5) is 22.0.